The fourth-order valence-corrected chi connectivity index (χ4v) is 4.63. The van der Waals surface area contributed by atoms with Gasteiger partial charge in [0.2, 0.25) is 0 Å². The van der Waals surface area contributed by atoms with Crippen LogP contribution in [0.15, 0.2) is 36.7 Å². The Kier molecular flexibility index (Phi) is 7.85. The number of carbonyl (C=O) groups is 2. The van der Waals surface area contributed by atoms with E-state index in [1.54, 1.807) is 24.5 Å². The van der Waals surface area contributed by atoms with Crippen molar-refractivity contribution in [3.63, 3.8) is 0 Å². The smallest absolute Gasteiger partial charge is 0.272 e. The van der Waals surface area contributed by atoms with E-state index in [0.29, 0.717) is 62.6 Å². The van der Waals surface area contributed by atoms with E-state index in [1.807, 2.05) is 21.9 Å². The van der Waals surface area contributed by atoms with Crippen molar-refractivity contribution in [1.29, 1.82) is 0 Å². The molecule has 4 rings (SSSR count). The summed E-state index contributed by atoms with van der Waals surface area (Å²) in [6.45, 7) is 14.4. The lowest BCUT2D eigenvalue weighted by atomic mass is 10.2. The highest BCUT2D eigenvalue weighted by molar-refractivity contribution is 5.96. The van der Waals surface area contributed by atoms with Crippen LogP contribution < -0.4 is 10.2 Å². The van der Waals surface area contributed by atoms with Crippen molar-refractivity contribution < 1.29 is 9.59 Å². The van der Waals surface area contributed by atoms with Crippen LogP contribution in [0.2, 0.25) is 0 Å². The zero-order valence-electron chi connectivity index (χ0n) is 21.3. The van der Waals surface area contributed by atoms with Crippen LogP contribution >= 0.6 is 0 Å². The van der Waals surface area contributed by atoms with Crippen LogP contribution in [-0.4, -0.2) is 101 Å². The average molecular weight is 480 g/mol. The first-order valence-corrected chi connectivity index (χ1v) is 12.6. The van der Waals surface area contributed by atoms with Gasteiger partial charge in [-0.2, -0.15) is 0 Å². The molecule has 0 radical (unpaired) electrons. The molecule has 2 fully saturated rings. The minimum atomic E-state index is -0.101. The van der Waals surface area contributed by atoms with Gasteiger partial charge in [-0.05, 0) is 52.0 Å². The zero-order valence-corrected chi connectivity index (χ0v) is 21.3. The first-order valence-electron chi connectivity index (χ1n) is 12.6. The van der Waals surface area contributed by atoms with E-state index in [0.717, 1.165) is 24.6 Å². The van der Waals surface area contributed by atoms with Crippen LogP contribution in [-0.2, 0) is 0 Å². The van der Waals surface area contributed by atoms with E-state index >= 15 is 0 Å². The maximum absolute atomic E-state index is 13.1. The summed E-state index contributed by atoms with van der Waals surface area (Å²) in [5, 5.41) is 3.45. The van der Waals surface area contributed by atoms with Gasteiger partial charge in [0.05, 0.1) is 11.3 Å². The zero-order chi connectivity index (χ0) is 24.9. The molecule has 2 aliphatic rings. The van der Waals surface area contributed by atoms with Gasteiger partial charge in [-0.3, -0.25) is 19.5 Å². The Morgan fingerprint density at radius 1 is 0.829 bits per heavy atom. The monoisotopic (exact) mass is 479 g/mol. The molecular weight excluding hydrogens is 442 g/mol. The van der Waals surface area contributed by atoms with Gasteiger partial charge in [0.1, 0.15) is 5.69 Å². The molecule has 0 aliphatic carbocycles. The molecule has 9 heteroatoms. The molecule has 188 valence electrons. The summed E-state index contributed by atoms with van der Waals surface area (Å²) < 4.78 is 0. The molecule has 4 heterocycles. The minimum absolute atomic E-state index is 0.0188. The van der Waals surface area contributed by atoms with Gasteiger partial charge in [-0.1, -0.05) is 0 Å². The average Bonchev–Trinajstić information content (AvgIpc) is 2.88. The summed E-state index contributed by atoms with van der Waals surface area (Å²) in [5.41, 5.74) is 1.92. The fraction of sp³-hybridized carbons (Fsp3) is 0.538. The Labute approximate surface area is 208 Å². The third-order valence-corrected chi connectivity index (χ3v) is 6.66. The summed E-state index contributed by atoms with van der Waals surface area (Å²) in [6, 6.07) is 8.17. The van der Waals surface area contributed by atoms with Crippen LogP contribution in [0, 0.1) is 0 Å². The maximum Gasteiger partial charge on any atom is 0.272 e. The second-order valence-corrected chi connectivity index (χ2v) is 9.81. The van der Waals surface area contributed by atoms with Gasteiger partial charge in [0, 0.05) is 76.8 Å². The Morgan fingerprint density at radius 3 is 2.09 bits per heavy atom. The number of pyridine rings is 2. The highest BCUT2D eigenvalue weighted by atomic mass is 16.2. The van der Waals surface area contributed by atoms with E-state index < -0.39 is 0 Å². The first-order chi connectivity index (χ1) is 16.8. The van der Waals surface area contributed by atoms with E-state index in [2.05, 4.69) is 52.8 Å². The van der Waals surface area contributed by atoms with Crippen LogP contribution in [0.4, 0.5) is 11.5 Å². The van der Waals surface area contributed by atoms with Gasteiger partial charge in [0.25, 0.3) is 11.8 Å². The van der Waals surface area contributed by atoms with E-state index in [4.69, 9.17) is 0 Å². The highest BCUT2D eigenvalue weighted by Gasteiger charge is 2.26. The lowest BCUT2D eigenvalue weighted by molar-refractivity contribution is 0.0594. The molecule has 0 bridgehead atoms. The topological polar surface area (TPSA) is 84.9 Å². The third kappa shape index (κ3) is 5.90. The van der Waals surface area contributed by atoms with E-state index in [-0.39, 0.29) is 11.8 Å². The van der Waals surface area contributed by atoms with E-state index in [1.165, 1.54) is 0 Å². The number of aromatic nitrogens is 2. The molecule has 2 aliphatic heterocycles. The number of nitrogens with zero attached hydrogens (tertiary/aromatic N) is 6. The SMILES string of the molecule is CC(C)Nc1cccnc1N1CCN(C(=O)c2ccc(C(=O)N3CCN(C(C)C)CC3)cn2)CC1. The molecule has 0 atom stereocenters. The van der Waals surface area contributed by atoms with Crippen molar-refractivity contribution in [1.82, 2.24) is 24.7 Å². The summed E-state index contributed by atoms with van der Waals surface area (Å²) >= 11 is 0. The second-order valence-electron chi connectivity index (χ2n) is 9.81. The van der Waals surface area contributed by atoms with Gasteiger partial charge in [-0.15, -0.1) is 0 Å². The van der Waals surface area contributed by atoms with Crippen molar-refractivity contribution in [2.45, 2.75) is 39.8 Å². The van der Waals surface area contributed by atoms with Crippen LogP contribution in [0.25, 0.3) is 0 Å². The summed E-state index contributed by atoms with van der Waals surface area (Å²) in [6.07, 6.45) is 3.34. The Hall–Kier alpha value is -3.20. The van der Waals surface area contributed by atoms with Crippen molar-refractivity contribution in [3.05, 3.63) is 47.9 Å². The van der Waals surface area contributed by atoms with Crippen molar-refractivity contribution >= 4 is 23.3 Å². The normalized spacial score (nSPS) is 17.3. The van der Waals surface area contributed by atoms with Crippen molar-refractivity contribution in [3.8, 4) is 0 Å². The molecule has 2 amide bonds. The lowest BCUT2D eigenvalue weighted by Gasteiger charge is -2.37. The first kappa shape index (κ1) is 24.9. The predicted octanol–water partition coefficient (Wildman–Crippen LogP) is 2.43. The number of piperazine rings is 2. The quantitative estimate of drug-likeness (QED) is 0.681. The van der Waals surface area contributed by atoms with Crippen LogP contribution in [0.5, 0.6) is 0 Å². The number of amides is 2. The standard InChI is InChI=1S/C26H37N7O2/c1-19(2)29-22-6-5-9-27-24(22)31-12-16-33(17-13-31)26(35)23-8-7-21(18-28-23)25(34)32-14-10-30(11-15-32)20(3)4/h5-9,18-20,29H,10-17H2,1-4H3. The largest absolute Gasteiger partial charge is 0.380 e. The number of carbonyl (C=O) groups excluding carboxylic acids is 2. The maximum atomic E-state index is 13.1. The molecule has 0 saturated carbocycles. The number of hydrogen-bond acceptors (Lipinski definition) is 7. The van der Waals surface area contributed by atoms with Crippen LogP contribution in [0.3, 0.4) is 0 Å². The van der Waals surface area contributed by atoms with Gasteiger partial charge >= 0.3 is 0 Å². The third-order valence-electron chi connectivity index (χ3n) is 6.66. The lowest BCUT2D eigenvalue weighted by Crippen LogP contribution is -2.50. The molecule has 2 saturated heterocycles. The predicted molar refractivity (Wildman–Crippen MR) is 138 cm³/mol. The van der Waals surface area contributed by atoms with Gasteiger partial charge in [0.15, 0.2) is 5.82 Å². The second kappa shape index (κ2) is 11.0. The van der Waals surface area contributed by atoms with Crippen molar-refractivity contribution in [2.75, 3.05) is 62.6 Å². The number of rotatable bonds is 6. The Bertz CT molecular complexity index is 1010. The summed E-state index contributed by atoms with van der Waals surface area (Å²) in [4.78, 5) is 43.1. The molecule has 2 aromatic rings. The molecule has 1 N–H and O–H groups in total. The molecule has 0 spiro atoms. The van der Waals surface area contributed by atoms with Gasteiger partial charge < -0.3 is 20.0 Å². The molecule has 2 aromatic heterocycles. The summed E-state index contributed by atoms with van der Waals surface area (Å²) in [5.74, 6) is 0.800. The van der Waals surface area contributed by atoms with Crippen LogP contribution in [0.1, 0.15) is 48.5 Å². The number of anilines is 2. The van der Waals surface area contributed by atoms with Crippen molar-refractivity contribution in [2.24, 2.45) is 0 Å². The van der Waals surface area contributed by atoms with E-state index in [9.17, 15) is 9.59 Å². The van der Waals surface area contributed by atoms with Gasteiger partial charge in [-0.25, -0.2) is 4.98 Å². The summed E-state index contributed by atoms with van der Waals surface area (Å²) in [7, 11) is 0. The molecule has 0 unspecified atom stereocenters. The number of nitrogens with one attached hydrogen (secondary N) is 1. The molecular formula is C26H37N7O2. The molecule has 9 nitrogen and oxygen atoms in total. The Balaban J connectivity index is 1.33. The number of hydrogen-bond donors (Lipinski definition) is 1. The minimum Gasteiger partial charge on any atom is -0.380 e. The molecule has 35 heavy (non-hydrogen) atoms. The Morgan fingerprint density at radius 2 is 1.49 bits per heavy atom. The fourth-order valence-electron chi connectivity index (χ4n) is 4.63. The highest BCUT2D eigenvalue weighted by Crippen LogP contribution is 2.25. The molecule has 0 aromatic carbocycles.